The van der Waals surface area contributed by atoms with Gasteiger partial charge in [0, 0.05) is 5.56 Å². The van der Waals surface area contributed by atoms with Gasteiger partial charge in [-0.15, -0.1) is 0 Å². The number of hydrogen-bond acceptors (Lipinski definition) is 1. The lowest BCUT2D eigenvalue weighted by Crippen LogP contribution is -2.14. The summed E-state index contributed by atoms with van der Waals surface area (Å²) in [5.74, 6) is 2.05. The Morgan fingerprint density at radius 1 is 1.16 bits per heavy atom. The van der Waals surface area contributed by atoms with Crippen molar-refractivity contribution in [2.24, 2.45) is 11.8 Å². The van der Waals surface area contributed by atoms with Crippen LogP contribution < -0.4 is 0 Å². The first-order chi connectivity index (χ1) is 11.8. The molecule has 0 spiro atoms. The molecule has 4 heteroatoms. The minimum absolute atomic E-state index is 0.0785. The van der Waals surface area contributed by atoms with Crippen molar-refractivity contribution in [3.63, 3.8) is 0 Å². The zero-order valence-electron chi connectivity index (χ0n) is 16.2. The summed E-state index contributed by atoms with van der Waals surface area (Å²) in [7, 11) is 0. The lowest BCUT2D eigenvalue weighted by Gasteiger charge is -2.26. The summed E-state index contributed by atoms with van der Waals surface area (Å²) in [6, 6.07) is 3.09. The monoisotopic (exact) mass is 358 g/mol. The number of rotatable bonds is 3. The largest absolute Gasteiger partial charge is 0.416 e. The predicted octanol–water partition coefficient (Wildman–Crippen LogP) is 7.47. The van der Waals surface area contributed by atoms with Gasteiger partial charge >= 0.3 is 6.18 Å². The first kappa shape index (κ1) is 23.7. The van der Waals surface area contributed by atoms with E-state index >= 15 is 0 Å². The highest BCUT2D eigenvalue weighted by Crippen LogP contribution is 2.31. The molecule has 1 aliphatic rings. The molecular formula is C21H33F3O. The van der Waals surface area contributed by atoms with E-state index in [2.05, 4.69) is 13.8 Å². The minimum atomic E-state index is -4.38. The fraction of sp³-hybridized carbons (Fsp3) is 0.667. The van der Waals surface area contributed by atoms with Gasteiger partial charge in [-0.05, 0) is 36.5 Å². The number of carbonyl (C=O) groups excluding carboxylic acids is 1. The van der Waals surface area contributed by atoms with Gasteiger partial charge in [0.05, 0.1) is 5.56 Å². The molecule has 1 aromatic rings. The van der Waals surface area contributed by atoms with Crippen LogP contribution in [0.4, 0.5) is 13.2 Å². The second kappa shape index (κ2) is 12.1. The molecule has 25 heavy (non-hydrogen) atoms. The van der Waals surface area contributed by atoms with Crippen LogP contribution in [0.2, 0.25) is 0 Å². The number of benzene rings is 1. The fourth-order valence-electron chi connectivity index (χ4n) is 2.98. The molecule has 1 unspecified atom stereocenters. The van der Waals surface area contributed by atoms with Gasteiger partial charge in [0.1, 0.15) is 6.29 Å². The van der Waals surface area contributed by atoms with E-state index in [1.54, 1.807) is 6.92 Å². The molecule has 0 bridgehead atoms. The fourth-order valence-corrected chi connectivity index (χ4v) is 2.98. The van der Waals surface area contributed by atoms with Crippen molar-refractivity contribution in [3.05, 3.63) is 34.9 Å². The Labute approximate surface area is 151 Å². The highest BCUT2D eigenvalue weighted by molar-refractivity contribution is 5.77. The second-order valence-corrected chi connectivity index (χ2v) is 6.47. The van der Waals surface area contributed by atoms with Gasteiger partial charge in [0.15, 0.2) is 0 Å². The number of aldehydes is 1. The van der Waals surface area contributed by atoms with E-state index in [0.717, 1.165) is 24.0 Å². The van der Waals surface area contributed by atoms with Crippen molar-refractivity contribution in [3.8, 4) is 0 Å². The molecular weight excluding hydrogens is 325 g/mol. The predicted molar refractivity (Wildman–Crippen MR) is 98.9 cm³/mol. The molecule has 0 N–H and O–H groups in total. The number of halogens is 3. The molecule has 1 nitrogen and oxygen atoms in total. The topological polar surface area (TPSA) is 17.1 Å². The van der Waals surface area contributed by atoms with Crippen LogP contribution >= 0.6 is 0 Å². The first-order valence-corrected chi connectivity index (χ1v) is 9.42. The van der Waals surface area contributed by atoms with Crippen LogP contribution in [0.3, 0.4) is 0 Å². The van der Waals surface area contributed by atoms with Gasteiger partial charge in [0.25, 0.3) is 0 Å². The normalized spacial score (nSPS) is 16.0. The summed E-state index contributed by atoms with van der Waals surface area (Å²) < 4.78 is 36.4. The third kappa shape index (κ3) is 8.55. The van der Waals surface area contributed by atoms with Crippen molar-refractivity contribution in [2.45, 2.75) is 79.3 Å². The molecule has 1 aromatic carbocycles. The lowest BCUT2D eigenvalue weighted by atomic mass is 9.80. The maximum atomic E-state index is 12.1. The maximum Gasteiger partial charge on any atom is 0.416 e. The van der Waals surface area contributed by atoms with Gasteiger partial charge in [-0.2, -0.15) is 13.2 Å². The molecule has 0 aliphatic heterocycles. The van der Waals surface area contributed by atoms with Crippen molar-refractivity contribution in [1.82, 2.24) is 0 Å². The summed E-state index contributed by atoms with van der Waals surface area (Å²) in [5.41, 5.74) is -0.168. The Hall–Kier alpha value is -1.32. The van der Waals surface area contributed by atoms with Gasteiger partial charge in [-0.25, -0.2) is 0 Å². The minimum Gasteiger partial charge on any atom is -0.298 e. The third-order valence-electron chi connectivity index (χ3n) is 4.83. The Bertz CT molecular complexity index is 488. The first-order valence-electron chi connectivity index (χ1n) is 9.42. The average molecular weight is 358 g/mol. The van der Waals surface area contributed by atoms with E-state index in [9.17, 15) is 18.0 Å². The molecule has 0 amide bonds. The van der Waals surface area contributed by atoms with Crippen molar-refractivity contribution in [2.75, 3.05) is 0 Å². The van der Waals surface area contributed by atoms with Crippen molar-refractivity contribution < 1.29 is 18.0 Å². The maximum absolute atomic E-state index is 12.1. The molecule has 0 heterocycles. The summed E-state index contributed by atoms with van der Waals surface area (Å²) in [6.45, 7) is 10.3. The van der Waals surface area contributed by atoms with Crippen LogP contribution in [-0.2, 0) is 6.18 Å². The quantitative estimate of drug-likeness (QED) is 0.512. The van der Waals surface area contributed by atoms with E-state index in [1.807, 2.05) is 13.8 Å². The van der Waals surface area contributed by atoms with Crippen LogP contribution in [0.5, 0.6) is 0 Å². The van der Waals surface area contributed by atoms with Gasteiger partial charge < -0.3 is 0 Å². The summed E-state index contributed by atoms with van der Waals surface area (Å²) in [5, 5.41) is 0. The van der Waals surface area contributed by atoms with E-state index in [4.69, 9.17) is 0 Å². The van der Waals surface area contributed by atoms with Crippen molar-refractivity contribution in [1.29, 1.82) is 0 Å². The van der Waals surface area contributed by atoms with Gasteiger partial charge in [-0.3, -0.25) is 4.79 Å². The summed E-state index contributed by atoms with van der Waals surface area (Å²) in [4.78, 5) is 10.3. The molecule has 1 atom stereocenters. The van der Waals surface area contributed by atoms with E-state index < -0.39 is 11.7 Å². The molecule has 0 saturated heterocycles. The average Bonchev–Trinajstić information content (AvgIpc) is 2.63. The van der Waals surface area contributed by atoms with Gasteiger partial charge in [-0.1, -0.05) is 72.3 Å². The Balaban J connectivity index is 0.000000430. The SMILES string of the molecule is CC.CCC(C)C1CCCCC1.Cc1ccc(C(F)(F)F)cc1C=O. The van der Waals surface area contributed by atoms with E-state index in [1.165, 1.54) is 44.6 Å². The highest BCUT2D eigenvalue weighted by Gasteiger charge is 2.30. The molecule has 1 fully saturated rings. The van der Waals surface area contributed by atoms with Crippen LogP contribution in [0.25, 0.3) is 0 Å². The Morgan fingerprint density at radius 2 is 1.72 bits per heavy atom. The molecule has 1 aliphatic carbocycles. The lowest BCUT2D eigenvalue weighted by molar-refractivity contribution is -0.137. The van der Waals surface area contributed by atoms with Crippen LogP contribution in [0.15, 0.2) is 18.2 Å². The number of aryl methyl sites for hydroxylation is 1. The number of alkyl halides is 3. The van der Waals surface area contributed by atoms with Crippen molar-refractivity contribution >= 4 is 6.29 Å². The molecule has 144 valence electrons. The standard InChI is InChI=1S/C10H20.C9H7F3O.C2H6/c1-3-9(2)10-7-5-4-6-8-10;1-6-2-3-8(9(10,11)12)4-7(6)5-13;1-2/h9-10H,3-8H2,1-2H3;2-5H,1H3;1-2H3. The van der Waals surface area contributed by atoms with Crippen LogP contribution in [0, 0.1) is 18.8 Å². The van der Waals surface area contributed by atoms with E-state index in [-0.39, 0.29) is 5.56 Å². The molecule has 0 aromatic heterocycles. The van der Waals surface area contributed by atoms with Crippen LogP contribution in [0.1, 0.15) is 87.7 Å². The second-order valence-electron chi connectivity index (χ2n) is 6.47. The van der Waals surface area contributed by atoms with Crippen LogP contribution in [-0.4, -0.2) is 6.29 Å². The summed E-state index contributed by atoms with van der Waals surface area (Å²) in [6.07, 6.45) is 4.92. The third-order valence-corrected chi connectivity index (χ3v) is 4.83. The zero-order chi connectivity index (χ0) is 19.5. The molecule has 1 saturated carbocycles. The molecule has 0 radical (unpaired) electrons. The smallest absolute Gasteiger partial charge is 0.298 e. The Kier molecular flexibility index (Phi) is 11.5. The van der Waals surface area contributed by atoms with E-state index in [0.29, 0.717) is 11.8 Å². The Morgan fingerprint density at radius 3 is 2.16 bits per heavy atom. The number of hydrogen-bond donors (Lipinski definition) is 0. The highest BCUT2D eigenvalue weighted by atomic mass is 19.4. The zero-order valence-corrected chi connectivity index (χ0v) is 16.2. The summed E-state index contributed by atoms with van der Waals surface area (Å²) >= 11 is 0. The van der Waals surface area contributed by atoms with Gasteiger partial charge in [0.2, 0.25) is 0 Å². The molecule has 2 rings (SSSR count). The number of carbonyl (C=O) groups is 1.